The van der Waals surface area contributed by atoms with Crippen LogP contribution in [0.4, 0.5) is 5.95 Å². The number of hydrogen-bond donors (Lipinski definition) is 1. The fourth-order valence-electron chi connectivity index (χ4n) is 2.79. The number of aromatic nitrogens is 2. The molecule has 0 bridgehead atoms. The number of nitrogen functional groups attached to an aromatic ring is 1. The minimum atomic E-state index is 0.637. The molecule has 1 aliphatic heterocycles. The Labute approximate surface area is 107 Å². The molecule has 4 heteroatoms. The molecule has 1 aliphatic rings. The van der Waals surface area contributed by atoms with Crippen LogP contribution in [-0.4, -0.2) is 34.1 Å². The lowest BCUT2D eigenvalue weighted by Crippen LogP contribution is -2.21. The zero-order valence-corrected chi connectivity index (χ0v) is 10.7. The van der Waals surface area contributed by atoms with Crippen molar-refractivity contribution in [2.45, 2.75) is 25.8 Å². The standard InChI is InChI=1S/C14H20N4/c15-14-16-12-6-1-2-7-13(12)18(14)11-5-10-17-8-3-4-9-17/h1-2,6-7H,3-5,8-11H2,(H2,15,16). The maximum Gasteiger partial charge on any atom is 0.201 e. The maximum absolute atomic E-state index is 5.99. The quantitative estimate of drug-likeness (QED) is 0.896. The lowest BCUT2D eigenvalue weighted by molar-refractivity contribution is 0.326. The van der Waals surface area contributed by atoms with Crippen molar-refractivity contribution in [1.29, 1.82) is 0 Å². The van der Waals surface area contributed by atoms with Crippen LogP contribution in [0.25, 0.3) is 11.0 Å². The molecule has 0 aliphatic carbocycles. The van der Waals surface area contributed by atoms with Gasteiger partial charge in [-0.05, 0) is 51.0 Å². The van der Waals surface area contributed by atoms with Crippen molar-refractivity contribution >= 4 is 17.0 Å². The lowest BCUT2D eigenvalue weighted by Gasteiger charge is -2.14. The smallest absolute Gasteiger partial charge is 0.201 e. The molecule has 0 atom stereocenters. The first-order chi connectivity index (χ1) is 8.84. The first kappa shape index (κ1) is 11.5. The van der Waals surface area contributed by atoms with Gasteiger partial charge in [0.05, 0.1) is 11.0 Å². The van der Waals surface area contributed by atoms with E-state index in [0.717, 1.165) is 24.0 Å². The molecular weight excluding hydrogens is 224 g/mol. The van der Waals surface area contributed by atoms with Gasteiger partial charge in [-0.15, -0.1) is 0 Å². The highest BCUT2D eigenvalue weighted by molar-refractivity contribution is 5.78. The molecule has 3 rings (SSSR count). The number of aryl methyl sites for hydroxylation is 1. The number of nitrogens with two attached hydrogens (primary N) is 1. The van der Waals surface area contributed by atoms with E-state index in [1.165, 1.54) is 32.5 Å². The summed E-state index contributed by atoms with van der Waals surface area (Å²) in [5, 5.41) is 0. The molecule has 2 N–H and O–H groups in total. The van der Waals surface area contributed by atoms with Crippen LogP contribution in [0.1, 0.15) is 19.3 Å². The number of para-hydroxylation sites is 2. The Kier molecular flexibility index (Phi) is 3.19. The van der Waals surface area contributed by atoms with Gasteiger partial charge >= 0.3 is 0 Å². The van der Waals surface area contributed by atoms with Gasteiger partial charge in [0.25, 0.3) is 0 Å². The average Bonchev–Trinajstić information content (AvgIpc) is 2.98. The van der Waals surface area contributed by atoms with Gasteiger partial charge in [0.15, 0.2) is 0 Å². The number of likely N-dealkylation sites (tertiary alicyclic amines) is 1. The van der Waals surface area contributed by atoms with Gasteiger partial charge in [0.1, 0.15) is 0 Å². The molecule has 2 heterocycles. The van der Waals surface area contributed by atoms with Crippen LogP contribution >= 0.6 is 0 Å². The highest BCUT2D eigenvalue weighted by atomic mass is 15.2. The number of nitrogens with zero attached hydrogens (tertiary/aromatic N) is 3. The van der Waals surface area contributed by atoms with E-state index in [2.05, 4.69) is 20.5 Å². The summed E-state index contributed by atoms with van der Waals surface area (Å²) in [6.07, 6.45) is 3.86. The van der Waals surface area contributed by atoms with Crippen LogP contribution in [0.3, 0.4) is 0 Å². The molecule has 0 saturated carbocycles. The number of anilines is 1. The minimum Gasteiger partial charge on any atom is -0.369 e. The van der Waals surface area contributed by atoms with Crippen LogP contribution in [0.2, 0.25) is 0 Å². The monoisotopic (exact) mass is 244 g/mol. The third-order valence-electron chi connectivity index (χ3n) is 3.74. The van der Waals surface area contributed by atoms with E-state index in [9.17, 15) is 0 Å². The summed E-state index contributed by atoms with van der Waals surface area (Å²) in [5.41, 5.74) is 8.13. The zero-order chi connectivity index (χ0) is 12.4. The Bertz CT molecular complexity index is 526. The van der Waals surface area contributed by atoms with Gasteiger partial charge in [-0.1, -0.05) is 12.1 Å². The number of hydrogen-bond acceptors (Lipinski definition) is 3. The van der Waals surface area contributed by atoms with Crippen molar-refractivity contribution in [3.8, 4) is 0 Å². The van der Waals surface area contributed by atoms with Crippen molar-refractivity contribution in [3.63, 3.8) is 0 Å². The molecular formula is C14H20N4. The van der Waals surface area contributed by atoms with E-state index < -0.39 is 0 Å². The molecule has 18 heavy (non-hydrogen) atoms. The summed E-state index contributed by atoms with van der Waals surface area (Å²) in [6.45, 7) is 4.66. The van der Waals surface area contributed by atoms with E-state index in [1.807, 2.05) is 18.2 Å². The molecule has 0 unspecified atom stereocenters. The van der Waals surface area contributed by atoms with Crippen molar-refractivity contribution in [3.05, 3.63) is 24.3 Å². The molecule has 1 saturated heterocycles. The number of rotatable bonds is 4. The lowest BCUT2D eigenvalue weighted by atomic mass is 10.3. The van der Waals surface area contributed by atoms with Crippen LogP contribution in [0.15, 0.2) is 24.3 Å². The van der Waals surface area contributed by atoms with Crippen molar-refractivity contribution < 1.29 is 0 Å². The van der Waals surface area contributed by atoms with E-state index in [1.54, 1.807) is 0 Å². The van der Waals surface area contributed by atoms with Crippen LogP contribution < -0.4 is 5.73 Å². The summed E-state index contributed by atoms with van der Waals surface area (Å²) in [4.78, 5) is 6.93. The van der Waals surface area contributed by atoms with E-state index in [4.69, 9.17) is 5.73 Å². The summed E-state index contributed by atoms with van der Waals surface area (Å²) in [5.74, 6) is 0.637. The Morgan fingerprint density at radius 2 is 1.89 bits per heavy atom. The molecule has 1 fully saturated rings. The molecule has 0 spiro atoms. The van der Waals surface area contributed by atoms with Gasteiger partial charge in [0.2, 0.25) is 5.95 Å². The van der Waals surface area contributed by atoms with Gasteiger partial charge in [-0.2, -0.15) is 0 Å². The first-order valence-corrected chi connectivity index (χ1v) is 6.78. The summed E-state index contributed by atoms with van der Waals surface area (Å²) in [7, 11) is 0. The predicted molar refractivity (Wildman–Crippen MR) is 74.4 cm³/mol. The number of imidazole rings is 1. The third kappa shape index (κ3) is 2.20. The predicted octanol–water partition coefficient (Wildman–Crippen LogP) is 2.10. The maximum atomic E-state index is 5.99. The number of fused-ring (bicyclic) bond motifs is 1. The van der Waals surface area contributed by atoms with Crippen LogP contribution in [0.5, 0.6) is 0 Å². The summed E-state index contributed by atoms with van der Waals surface area (Å²) < 4.78 is 2.13. The fourth-order valence-corrected chi connectivity index (χ4v) is 2.79. The van der Waals surface area contributed by atoms with Crippen molar-refractivity contribution in [2.24, 2.45) is 0 Å². The van der Waals surface area contributed by atoms with E-state index >= 15 is 0 Å². The molecule has 4 nitrogen and oxygen atoms in total. The zero-order valence-electron chi connectivity index (χ0n) is 10.7. The van der Waals surface area contributed by atoms with Gasteiger partial charge < -0.3 is 15.2 Å². The Morgan fingerprint density at radius 1 is 1.11 bits per heavy atom. The molecule has 0 radical (unpaired) electrons. The second-order valence-corrected chi connectivity index (χ2v) is 5.01. The minimum absolute atomic E-state index is 0.637. The highest BCUT2D eigenvalue weighted by Crippen LogP contribution is 2.18. The van der Waals surface area contributed by atoms with E-state index in [-0.39, 0.29) is 0 Å². The topological polar surface area (TPSA) is 47.1 Å². The second kappa shape index (κ2) is 4.98. The van der Waals surface area contributed by atoms with Gasteiger partial charge in [-0.3, -0.25) is 0 Å². The normalized spacial score (nSPS) is 16.7. The molecule has 0 amide bonds. The molecule has 1 aromatic heterocycles. The summed E-state index contributed by atoms with van der Waals surface area (Å²) >= 11 is 0. The Balaban J connectivity index is 1.68. The second-order valence-electron chi connectivity index (χ2n) is 5.01. The summed E-state index contributed by atoms with van der Waals surface area (Å²) in [6, 6.07) is 8.15. The molecule has 2 aromatic rings. The van der Waals surface area contributed by atoms with Gasteiger partial charge in [-0.25, -0.2) is 4.98 Å². The van der Waals surface area contributed by atoms with E-state index in [0.29, 0.717) is 5.95 Å². The van der Waals surface area contributed by atoms with Crippen molar-refractivity contribution in [1.82, 2.24) is 14.5 Å². The van der Waals surface area contributed by atoms with Crippen molar-refractivity contribution in [2.75, 3.05) is 25.4 Å². The third-order valence-corrected chi connectivity index (χ3v) is 3.74. The van der Waals surface area contributed by atoms with Gasteiger partial charge in [0, 0.05) is 6.54 Å². The highest BCUT2D eigenvalue weighted by Gasteiger charge is 2.11. The first-order valence-electron chi connectivity index (χ1n) is 6.78. The fraction of sp³-hybridized carbons (Fsp3) is 0.500. The Morgan fingerprint density at radius 3 is 2.72 bits per heavy atom. The largest absolute Gasteiger partial charge is 0.369 e. The molecule has 1 aromatic carbocycles. The van der Waals surface area contributed by atoms with Crippen LogP contribution in [-0.2, 0) is 6.54 Å². The number of benzene rings is 1. The average molecular weight is 244 g/mol. The van der Waals surface area contributed by atoms with Crippen LogP contribution in [0, 0.1) is 0 Å². The Hall–Kier alpha value is -1.55. The SMILES string of the molecule is Nc1nc2ccccc2n1CCCN1CCCC1. The molecule has 96 valence electrons.